The first-order chi connectivity index (χ1) is 13.1. The Balaban J connectivity index is 1.67. The number of anilines is 1. The van der Waals surface area contributed by atoms with Gasteiger partial charge in [-0.2, -0.15) is 0 Å². The van der Waals surface area contributed by atoms with Gasteiger partial charge in [-0.15, -0.1) is 0 Å². The van der Waals surface area contributed by atoms with E-state index >= 15 is 0 Å². The quantitative estimate of drug-likeness (QED) is 0.670. The summed E-state index contributed by atoms with van der Waals surface area (Å²) >= 11 is 0. The molecule has 0 bridgehead atoms. The fourth-order valence-corrected chi connectivity index (χ4v) is 4.70. The highest BCUT2D eigenvalue weighted by atomic mass is 16.3. The molecule has 3 rings (SSSR count). The first-order valence-electron chi connectivity index (χ1n) is 10.7. The van der Waals surface area contributed by atoms with Crippen molar-refractivity contribution < 1.29 is 5.11 Å². The molecule has 1 atom stereocenters. The van der Waals surface area contributed by atoms with Gasteiger partial charge in [0, 0.05) is 31.0 Å². The number of nitrogens with one attached hydrogen (secondary N) is 1. The Morgan fingerprint density at radius 1 is 1.22 bits per heavy atom. The van der Waals surface area contributed by atoms with Crippen molar-refractivity contribution in [2.75, 3.05) is 11.9 Å². The lowest BCUT2D eigenvalue weighted by Crippen LogP contribution is -2.28. The minimum Gasteiger partial charge on any atom is -0.399 e. The molecule has 5 nitrogen and oxygen atoms in total. The van der Waals surface area contributed by atoms with E-state index in [0.29, 0.717) is 30.2 Å². The zero-order chi connectivity index (χ0) is 19.2. The molecule has 5 heteroatoms. The molecule has 1 heterocycles. The lowest BCUT2D eigenvalue weighted by Gasteiger charge is -2.29. The molecule has 2 fully saturated rings. The number of hydrogen-bond acceptors (Lipinski definition) is 5. The van der Waals surface area contributed by atoms with Gasteiger partial charge in [0.05, 0.1) is 5.56 Å². The standard InChI is InChI=1S/C22H36N4O/c1-15(18-6-4-3-5-7-18)12-21-24-13-20(16(2)23)22(26-21)25-19-10-8-17(14-27)9-11-19/h13,15,17-19,27H,2-12,14,23H2,1H3,(H,24,25,26)/t15-,17?,19?/m1/s1. The summed E-state index contributed by atoms with van der Waals surface area (Å²) in [4.78, 5) is 9.44. The smallest absolute Gasteiger partial charge is 0.139 e. The van der Waals surface area contributed by atoms with E-state index in [0.717, 1.165) is 55.2 Å². The second-order valence-corrected chi connectivity index (χ2v) is 8.70. The van der Waals surface area contributed by atoms with Crippen LogP contribution in [0.4, 0.5) is 5.82 Å². The lowest BCUT2D eigenvalue weighted by atomic mass is 9.79. The summed E-state index contributed by atoms with van der Waals surface area (Å²) in [5.41, 5.74) is 7.31. The van der Waals surface area contributed by atoms with Gasteiger partial charge in [-0.1, -0.05) is 45.6 Å². The average molecular weight is 373 g/mol. The SMILES string of the molecule is C=C(N)c1cnc(C[C@@H](C)C2CCCCC2)nc1NC1CCC(CO)CC1. The molecule has 0 saturated heterocycles. The Bertz CT molecular complexity index is 619. The second-order valence-electron chi connectivity index (χ2n) is 8.70. The summed E-state index contributed by atoms with van der Waals surface area (Å²) in [5, 5.41) is 12.9. The summed E-state index contributed by atoms with van der Waals surface area (Å²) in [6.45, 7) is 6.54. The van der Waals surface area contributed by atoms with Crippen molar-refractivity contribution in [2.45, 2.75) is 77.2 Å². The number of nitrogens with zero attached hydrogens (tertiary/aromatic N) is 2. The third-order valence-electron chi connectivity index (χ3n) is 6.59. The van der Waals surface area contributed by atoms with Gasteiger partial charge >= 0.3 is 0 Å². The predicted octanol–water partition coefficient (Wildman–Crippen LogP) is 4.13. The number of hydrogen-bond donors (Lipinski definition) is 3. The molecular formula is C22H36N4O. The third kappa shape index (κ3) is 5.44. The number of nitrogens with two attached hydrogens (primary N) is 1. The van der Waals surface area contributed by atoms with Gasteiger partial charge in [0.15, 0.2) is 0 Å². The van der Waals surface area contributed by atoms with Crippen molar-refractivity contribution in [3.05, 3.63) is 24.2 Å². The molecule has 2 aliphatic carbocycles. The summed E-state index contributed by atoms with van der Waals surface area (Å²) in [7, 11) is 0. The largest absolute Gasteiger partial charge is 0.399 e. The van der Waals surface area contributed by atoms with Crippen LogP contribution >= 0.6 is 0 Å². The molecule has 0 spiro atoms. The normalized spacial score (nSPS) is 25.1. The molecule has 2 aliphatic rings. The van der Waals surface area contributed by atoms with Crippen molar-refractivity contribution in [1.29, 1.82) is 0 Å². The molecule has 0 unspecified atom stereocenters. The molecule has 2 saturated carbocycles. The van der Waals surface area contributed by atoms with E-state index in [2.05, 4.69) is 23.8 Å². The molecule has 0 aromatic carbocycles. The van der Waals surface area contributed by atoms with Crippen molar-refractivity contribution in [3.8, 4) is 0 Å². The van der Waals surface area contributed by atoms with E-state index in [1.807, 2.05) is 6.20 Å². The van der Waals surface area contributed by atoms with Crippen LogP contribution in [0.2, 0.25) is 0 Å². The summed E-state index contributed by atoms with van der Waals surface area (Å²) in [6, 6.07) is 0.379. The number of aliphatic hydroxyl groups is 1. The highest BCUT2D eigenvalue weighted by molar-refractivity contribution is 5.70. The van der Waals surface area contributed by atoms with Crippen LogP contribution < -0.4 is 11.1 Å². The number of aromatic nitrogens is 2. The van der Waals surface area contributed by atoms with Gasteiger partial charge in [0.25, 0.3) is 0 Å². The van der Waals surface area contributed by atoms with Gasteiger partial charge in [-0.05, 0) is 43.4 Å². The molecule has 0 radical (unpaired) electrons. The van der Waals surface area contributed by atoms with Gasteiger partial charge < -0.3 is 16.2 Å². The van der Waals surface area contributed by atoms with E-state index in [-0.39, 0.29) is 0 Å². The molecule has 150 valence electrons. The molecule has 1 aromatic rings. The Morgan fingerprint density at radius 3 is 2.56 bits per heavy atom. The van der Waals surface area contributed by atoms with Crippen LogP contribution in [0.5, 0.6) is 0 Å². The summed E-state index contributed by atoms with van der Waals surface area (Å²) < 4.78 is 0. The maximum absolute atomic E-state index is 9.34. The van der Waals surface area contributed by atoms with Crippen molar-refractivity contribution in [3.63, 3.8) is 0 Å². The average Bonchev–Trinajstić information content (AvgIpc) is 2.69. The fourth-order valence-electron chi connectivity index (χ4n) is 4.70. The van der Waals surface area contributed by atoms with Crippen LogP contribution in [0, 0.1) is 17.8 Å². The number of aliphatic hydroxyl groups excluding tert-OH is 1. The first kappa shape index (κ1) is 20.1. The third-order valence-corrected chi connectivity index (χ3v) is 6.59. The van der Waals surface area contributed by atoms with Gasteiger partial charge in [-0.25, -0.2) is 9.97 Å². The monoisotopic (exact) mass is 372 g/mol. The van der Waals surface area contributed by atoms with Crippen molar-refractivity contribution >= 4 is 11.5 Å². The van der Waals surface area contributed by atoms with Crippen LogP contribution in [0.1, 0.15) is 76.1 Å². The molecule has 1 aromatic heterocycles. The second kappa shape index (κ2) is 9.54. The molecule has 4 N–H and O–H groups in total. The van der Waals surface area contributed by atoms with E-state index in [1.54, 1.807) is 0 Å². The van der Waals surface area contributed by atoms with Gasteiger partial charge in [0.1, 0.15) is 11.6 Å². The van der Waals surface area contributed by atoms with Crippen LogP contribution in [0.15, 0.2) is 12.8 Å². The highest BCUT2D eigenvalue weighted by Crippen LogP contribution is 2.32. The maximum atomic E-state index is 9.34. The Morgan fingerprint density at radius 2 is 1.93 bits per heavy atom. The van der Waals surface area contributed by atoms with E-state index in [9.17, 15) is 5.11 Å². The van der Waals surface area contributed by atoms with E-state index in [1.165, 1.54) is 32.1 Å². The first-order valence-corrected chi connectivity index (χ1v) is 10.7. The molecular weight excluding hydrogens is 336 g/mol. The Hall–Kier alpha value is -1.62. The zero-order valence-corrected chi connectivity index (χ0v) is 16.8. The minimum absolute atomic E-state index is 0.300. The Labute approximate surface area is 163 Å². The topological polar surface area (TPSA) is 84.1 Å². The van der Waals surface area contributed by atoms with Crippen molar-refractivity contribution in [2.24, 2.45) is 23.5 Å². The predicted molar refractivity (Wildman–Crippen MR) is 111 cm³/mol. The van der Waals surface area contributed by atoms with E-state index in [4.69, 9.17) is 10.7 Å². The number of rotatable bonds is 7. The summed E-state index contributed by atoms with van der Waals surface area (Å²) in [6.07, 6.45) is 13.8. The molecule has 0 aliphatic heterocycles. The fraction of sp³-hybridized carbons (Fsp3) is 0.727. The van der Waals surface area contributed by atoms with Crippen LogP contribution in [-0.2, 0) is 6.42 Å². The van der Waals surface area contributed by atoms with Gasteiger partial charge in [-0.3, -0.25) is 0 Å². The summed E-state index contributed by atoms with van der Waals surface area (Å²) in [5.74, 6) is 3.60. The van der Waals surface area contributed by atoms with E-state index < -0.39 is 0 Å². The van der Waals surface area contributed by atoms with Crippen LogP contribution in [0.25, 0.3) is 5.70 Å². The highest BCUT2D eigenvalue weighted by Gasteiger charge is 2.24. The molecule has 0 amide bonds. The minimum atomic E-state index is 0.300. The van der Waals surface area contributed by atoms with Crippen LogP contribution in [0.3, 0.4) is 0 Å². The maximum Gasteiger partial charge on any atom is 0.139 e. The Kier molecular flexibility index (Phi) is 7.11. The van der Waals surface area contributed by atoms with Crippen LogP contribution in [-0.4, -0.2) is 27.7 Å². The lowest BCUT2D eigenvalue weighted by molar-refractivity contribution is 0.185. The van der Waals surface area contributed by atoms with Crippen molar-refractivity contribution in [1.82, 2.24) is 9.97 Å². The zero-order valence-electron chi connectivity index (χ0n) is 16.8. The van der Waals surface area contributed by atoms with Gasteiger partial charge in [0.2, 0.25) is 0 Å². The molecule has 27 heavy (non-hydrogen) atoms.